The molecule has 0 aliphatic heterocycles. The Morgan fingerprint density at radius 3 is 2.45 bits per heavy atom. The zero-order valence-corrected chi connectivity index (χ0v) is 12.9. The molecule has 0 aliphatic rings. The second-order valence-electron chi connectivity index (χ2n) is 4.97. The fourth-order valence-electron chi connectivity index (χ4n) is 2.03. The highest BCUT2D eigenvalue weighted by molar-refractivity contribution is 7.99. The van der Waals surface area contributed by atoms with Gasteiger partial charge in [0.2, 0.25) is 5.91 Å². The number of halogens is 1. The number of thioether (sulfide) groups is 1. The number of aliphatic hydroxyl groups excluding tert-OH is 1. The molecule has 0 spiro atoms. The van der Waals surface area contributed by atoms with Gasteiger partial charge in [-0.1, -0.05) is 19.1 Å². The van der Waals surface area contributed by atoms with Gasteiger partial charge < -0.3 is 10.4 Å². The minimum absolute atomic E-state index is 0.0000715. The average molecular weight is 299 g/mol. The average Bonchev–Trinajstić information content (AvgIpc) is 2.40. The van der Waals surface area contributed by atoms with E-state index in [2.05, 4.69) is 5.32 Å². The van der Waals surface area contributed by atoms with Crippen LogP contribution in [0.15, 0.2) is 24.3 Å². The van der Waals surface area contributed by atoms with Crippen LogP contribution in [0.1, 0.15) is 31.7 Å². The maximum Gasteiger partial charge on any atom is 0.220 e. The van der Waals surface area contributed by atoms with Crippen LogP contribution in [-0.2, 0) is 4.79 Å². The Labute approximate surface area is 124 Å². The van der Waals surface area contributed by atoms with Crippen molar-refractivity contribution in [2.75, 3.05) is 12.9 Å². The van der Waals surface area contributed by atoms with E-state index in [0.29, 0.717) is 6.42 Å². The highest BCUT2D eigenvalue weighted by Gasteiger charge is 2.19. The first-order valence-electron chi connectivity index (χ1n) is 6.66. The van der Waals surface area contributed by atoms with Crippen molar-refractivity contribution in [3.8, 4) is 0 Å². The molecule has 1 amide bonds. The monoisotopic (exact) mass is 299 g/mol. The van der Waals surface area contributed by atoms with Gasteiger partial charge in [0.05, 0.1) is 6.61 Å². The fourth-order valence-corrected chi connectivity index (χ4v) is 2.66. The Morgan fingerprint density at radius 2 is 1.95 bits per heavy atom. The van der Waals surface area contributed by atoms with Gasteiger partial charge in [-0.2, -0.15) is 11.8 Å². The summed E-state index contributed by atoms with van der Waals surface area (Å²) >= 11 is 1.53. The van der Waals surface area contributed by atoms with Crippen LogP contribution in [0.25, 0.3) is 0 Å². The quantitative estimate of drug-likeness (QED) is 0.813. The Balaban J connectivity index is 2.51. The van der Waals surface area contributed by atoms with Gasteiger partial charge in [0, 0.05) is 17.7 Å². The van der Waals surface area contributed by atoms with Gasteiger partial charge in [-0.05, 0) is 36.8 Å². The number of benzene rings is 1. The molecular formula is C15H22FNO2S. The number of hydrogen-bond donors (Lipinski definition) is 2. The van der Waals surface area contributed by atoms with Crippen molar-refractivity contribution in [3.63, 3.8) is 0 Å². The highest BCUT2D eigenvalue weighted by Crippen LogP contribution is 2.19. The summed E-state index contributed by atoms with van der Waals surface area (Å²) in [4.78, 5) is 12.0. The van der Waals surface area contributed by atoms with Gasteiger partial charge in [0.15, 0.2) is 0 Å². The van der Waals surface area contributed by atoms with E-state index in [-0.39, 0.29) is 35.5 Å². The molecule has 1 rings (SSSR count). The van der Waals surface area contributed by atoms with Crippen molar-refractivity contribution in [3.05, 3.63) is 35.6 Å². The first kappa shape index (κ1) is 17.0. The molecule has 3 nitrogen and oxygen atoms in total. The number of nitrogens with one attached hydrogen (secondary N) is 1. The number of amides is 1. The Kier molecular flexibility index (Phi) is 7.02. The number of rotatable bonds is 7. The fraction of sp³-hybridized carbons (Fsp3) is 0.533. The topological polar surface area (TPSA) is 49.3 Å². The Bertz CT molecular complexity index is 420. The van der Waals surface area contributed by atoms with Crippen LogP contribution in [0.5, 0.6) is 0 Å². The number of carbonyl (C=O) groups excluding carboxylic acids is 1. The Morgan fingerprint density at radius 1 is 1.35 bits per heavy atom. The van der Waals surface area contributed by atoms with Crippen LogP contribution >= 0.6 is 11.8 Å². The predicted octanol–water partition coefficient (Wildman–Crippen LogP) is 2.55. The van der Waals surface area contributed by atoms with Crippen LogP contribution in [-0.4, -0.2) is 35.2 Å². The van der Waals surface area contributed by atoms with E-state index in [1.807, 2.05) is 20.1 Å². The van der Waals surface area contributed by atoms with E-state index >= 15 is 0 Å². The second-order valence-corrected chi connectivity index (χ2v) is 6.05. The molecule has 0 saturated heterocycles. The zero-order valence-electron chi connectivity index (χ0n) is 12.1. The van der Waals surface area contributed by atoms with E-state index < -0.39 is 0 Å². The summed E-state index contributed by atoms with van der Waals surface area (Å²) in [5.41, 5.74) is 0.942. The predicted molar refractivity (Wildman–Crippen MR) is 81.4 cm³/mol. The minimum Gasteiger partial charge on any atom is -0.395 e. The first-order chi connectivity index (χ1) is 9.47. The molecule has 0 fully saturated rings. The first-order valence-corrected chi connectivity index (χ1v) is 7.95. The van der Waals surface area contributed by atoms with Crippen LogP contribution in [0.4, 0.5) is 4.39 Å². The largest absolute Gasteiger partial charge is 0.395 e. The van der Waals surface area contributed by atoms with Gasteiger partial charge >= 0.3 is 0 Å². The van der Waals surface area contributed by atoms with E-state index in [1.165, 1.54) is 23.9 Å². The van der Waals surface area contributed by atoms with Gasteiger partial charge in [-0.25, -0.2) is 4.39 Å². The summed E-state index contributed by atoms with van der Waals surface area (Å²) in [5.74, 6) is -0.295. The molecule has 0 aliphatic carbocycles. The molecule has 3 atom stereocenters. The lowest BCUT2D eigenvalue weighted by atomic mass is 9.97. The summed E-state index contributed by atoms with van der Waals surface area (Å²) in [6, 6.07) is 6.14. The summed E-state index contributed by atoms with van der Waals surface area (Å²) in [6.07, 6.45) is 2.26. The molecule has 0 radical (unpaired) electrons. The van der Waals surface area contributed by atoms with Crippen molar-refractivity contribution in [2.45, 2.75) is 37.5 Å². The molecule has 0 aromatic heterocycles. The van der Waals surface area contributed by atoms with E-state index in [1.54, 1.807) is 12.1 Å². The SMILES string of the molecule is CSC(CO)C(C)NC(=O)CC(C)c1ccc(F)cc1. The van der Waals surface area contributed by atoms with Crippen molar-refractivity contribution in [1.82, 2.24) is 5.32 Å². The molecule has 112 valence electrons. The molecule has 1 aromatic carbocycles. The molecule has 0 heterocycles. The molecule has 1 aromatic rings. The summed E-state index contributed by atoms with van der Waals surface area (Å²) in [5, 5.41) is 12.1. The molecular weight excluding hydrogens is 277 g/mol. The molecule has 0 bridgehead atoms. The van der Waals surface area contributed by atoms with Gasteiger partial charge in [-0.15, -0.1) is 0 Å². The molecule has 0 saturated carbocycles. The third-order valence-corrected chi connectivity index (χ3v) is 4.52. The number of carbonyl (C=O) groups is 1. The van der Waals surface area contributed by atoms with Crippen molar-refractivity contribution in [2.24, 2.45) is 0 Å². The third kappa shape index (κ3) is 5.13. The maximum absolute atomic E-state index is 12.8. The van der Waals surface area contributed by atoms with Gasteiger partial charge in [0.25, 0.3) is 0 Å². The molecule has 5 heteroatoms. The number of aliphatic hydroxyl groups is 1. The molecule has 20 heavy (non-hydrogen) atoms. The summed E-state index contributed by atoms with van der Waals surface area (Å²) < 4.78 is 12.8. The van der Waals surface area contributed by atoms with Crippen molar-refractivity contribution < 1.29 is 14.3 Å². The van der Waals surface area contributed by atoms with Gasteiger partial charge in [-0.3, -0.25) is 4.79 Å². The lowest BCUT2D eigenvalue weighted by Gasteiger charge is -2.22. The normalized spacial score (nSPS) is 15.4. The van der Waals surface area contributed by atoms with E-state index in [4.69, 9.17) is 0 Å². The van der Waals surface area contributed by atoms with Crippen LogP contribution in [0, 0.1) is 5.82 Å². The summed E-state index contributed by atoms with van der Waals surface area (Å²) in [6.45, 7) is 3.86. The minimum atomic E-state index is -0.273. The van der Waals surface area contributed by atoms with Crippen molar-refractivity contribution in [1.29, 1.82) is 0 Å². The second kappa shape index (κ2) is 8.27. The van der Waals surface area contributed by atoms with Gasteiger partial charge in [0.1, 0.15) is 5.82 Å². The zero-order chi connectivity index (χ0) is 15.1. The smallest absolute Gasteiger partial charge is 0.220 e. The third-order valence-electron chi connectivity index (χ3n) is 3.36. The molecule has 2 N–H and O–H groups in total. The van der Waals surface area contributed by atoms with E-state index in [9.17, 15) is 14.3 Å². The standard InChI is InChI=1S/C15H22FNO2S/c1-10(12-4-6-13(16)7-5-12)8-15(19)17-11(2)14(9-18)20-3/h4-7,10-11,14,18H,8-9H2,1-3H3,(H,17,19). The van der Waals surface area contributed by atoms with E-state index in [0.717, 1.165) is 5.56 Å². The van der Waals surface area contributed by atoms with Crippen molar-refractivity contribution >= 4 is 17.7 Å². The van der Waals surface area contributed by atoms with Crippen LogP contribution < -0.4 is 5.32 Å². The lowest BCUT2D eigenvalue weighted by Crippen LogP contribution is -2.41. The molecule has 3 unspecified atom stereocenters. The summed E-state index contributed by atoms with van der Waals surface area (Å²) in [7, 11) is 0. The van der Waals surface area contributed by atoms with Crippen LogP contribution in [0.3, 0.4) is 0 Å². The van der Waals surface area contributed by atoms with Crippen LogP contribution in [0.2, 0.25) is 0 Å². The lowest BCUT2D eigenvalue weighted by molar-refractivity contribution is -0.122. The Hall–Kier alpha value is -1.07. The maximum atomic E-state index is 12.8. The number of hydrogen-bond acceptors (Lipinski definition) is 3. The highest BCUT2D eigenvalue weighted by atomic mass is 32.2.